The van der Waals surface area contributed by atoms with Gasteiger partial charge in [-0.1, -0.05) is 32.4 Å². The topological polar surface area (TPSA) is 57.9 Å². The lowest BCUT2D eigenvalue weighted by molar-refractivity contribution is 0.317. The molecule has 0 bridgehead atoms. The fourth-order valence-electron chi connectivity index (χ4n) is 2.34. The van der Waals surface area contributed by atoms with E-state index in [9.17, 15) is 4.79 Å². The highest BCUT2D eigenvalue weighted by Crippen LogP contribution is 2.16. The smallest absolute Gasteiger partial charge is 0.255 e. The van der Waals surface area contributed by atoms with Crippen LogP contribution in [0.2, 0.25) is 0 Å². The lowest BCUT2D eigenvalue weighted by Gasteiger charge is -2.09. The molecule has 0 aliphatic carbocycles. The van der Waals surface area contributed by atoms with Gasteiger partial charge in [0.25, 0.3) is 5.56 Å². The molecule has 0 unspecified atom stereocenters. The number of benzene rings is 1. The molecular formula is C17H22N2O2S. The van der Waals surface area contributed by atoms with Crippen molar-refractivity contribution in [3.8, 4) is 5.75 Å². The molecule has 0 aliphatic rings. The highest BCUT2D eigenvalue weighted by molar-refractivity contribution is 7.71. The third-order valence-electron chi connectivity index (χ3n) is 3.41. The minimum absolute atomic E-state index is 0.0986. The van der Waals surface area contributed by atoms with Crippen LogP contribution in [0.5, 0.6) is 5.75 Å². The number of ether oxygens (including phenoxy) is 1. The molecular weight excluding hydrogens is 296 g/mol. The van der Waals surface area contributed by atoms with Gasteiger partial charge in [-0.3, -0.25) is 9.78 Å². The molecule has 2 rings (SSSR count). The van der Waals surface area contributed by atoms with E-state index in [0.29, 0.717) is 11.2 Å². The van der Waals surface area contributed by atoms with E-state index in [1.165, 1.54) is 0 Å². The van der Waals surface area contributed by atoms with Crippen molar-refractivity contribution >= 4 is 12.2 Å². The zero-order valence-electron chi connectivity index (χ0n) is 13.1. The number of aromatic amines is 2. The summed E-state index contributed by atoms with van der Waals surface area (Å²) in [5.41, 5.74) is 2.68. The molecule has 0 aliphatic heterocycles. The summed E-state index contributed by atoms with van der Waals surface area (Å²) < 4.78 is 5.96. The van der Waals surface area contributed by atoms with Gasteiger partial charge in [0, 0.05) is 17.7 Å². The molecule has 0 fully saturated rings. The Bertz CT molecular complexity index is 717. The maximum atomic E-state index is 12.2. The lowest BCUT2D eigenvalue weighted by Crippen LogP contribution is -2.18. The van der Waals surface area contributed by atoms with E-state index < -0.39 is 0 Å². The van der Waals surface area contributed by atoms with Crippen LogP contribution in [0.4, 0.5) is 0 Å². The summed E-state index contributed by atoms with van der Waals surface area (Å²) in [6.07, 6.45) is 3.36. The molecule has 5 heteroatoms. The Morgan fingerprint density at radius 3 is 2.45 bits per heavy atom. The molecule has 118 valence electrons. The Morgan fingerprint density at radius 1 is 1.09 bits per heavy atom. The first kappa shape index (κ1) is 16.5. The maximum absolute atomic E-state index is 12.2. The van der Waals surface area contributed by atoms with Crippen LogP contribution >= 0.6 is 12.2 Å². The van der Waals surface area contributed by atoms with Gasteiger partial charge in [0.05, 0.1) is 6.61 Å². The fraction of sp³-hybridized carbons (Fsp3) is 0.412. The van der Waals surface area contributed by atoms with Crippen LogP contribution in [0.3, 0.4) is 0 Å². The number of aromatic nitrogens is 2. The first-order valence-corrected chi connectivity index (χ1v) is 8.11. The summed E-state index contributed by atoms with van der Waals surface area (Å²) in [7, 11) is 0. The van der Waals surface area contributed by atoms with Crippen LogP contribution in [0.1, 0.15) is 43.5 Å². The van der Waals surface area contributed by atoms with E-state index in [-0.39, 0.29) is 5.56 Å². The van der Waals surface area contributed by atoms with E-state index in [1.54, 1.807) is 0 Å². The molecule has 0 spiro atoms. The van der Waals surface area contributed by atoms with Crippen molar-refractivity contribution in [2.24, 2.45) is 0 Å². The molecule has 1 heterocycles. The number of H-pyrrole nitrogens is 2. The zero-order valence-corrected chi connectivity index (χ0v) is 13.9. The van der Waals surface area contributed by atoms with E-state index in [0.717, 1.165) is 48.4 Å². The fourth-order valence-corrected chi connectivity index (χ4v) is 2.55. The predicted molar refractivity (Wildman–Crippen MR) is 91.3 cm³/mol. The quantitative estimate of drug-likeness (QED) is 0.764. The second-order valence-electron chi connectivity index (χ2n) is 5.28. The normalized spacial score (nSPS) is 10.6. The van der Waals surface area contributed by atoms with Crippen LogP contribution in [0.15, 0.2) is 29.1 Å². The summed E-state index contributed by atoms with van der Waals surface area (Å²) in [5, 5.41) is 0. The van der Waals surface area contributed by atoms with Crippen molar-refractivity contribution in [3.63, 3.8) is 0 Å². The van der Waals surface area contributed by atoms with E-state index in [1.807, 2.05) is 24.3 Å². The summed E-state index contributed by atoms with van der Waals surface area (Å²) in [6.45, 7) is 4.88. The Morgan fingerprint density at radius 2 is 1.82 bits per heavy atom. The van der Waals surface area contributed by atoms with Crippen LogP contribution in [0.25, 0.3) is 0 Å². The molecule has 1 aromatic carbocycles. The van der Waals surface area contributed by atoms with Gasteiger partial charge in [0.1, 0.15) is 5.75 Å². The Labute approximate surface area is 135 Å². The van der Waals surface area contributed by atoms with Gasteiger partial charge in [0.15, 0.2) is 4.77 Å². The van der Waals surface area contributed by atoms with E-state index >= 15 is 0 Å². The Kier molecular flexibility index (Phi) is 5.95. The van der Waals surface area contributed by atoms with Crippen molar-refractivity contribution in [3.05, 3.63) is 56.2 Å². The SMILES string of the molecule is CCCOc1ccc(Cc2c(CCC)[nH]c(=S)[nH]c2=O)cc1. The molecule has 4 nitrogen and oxygen atoms in total. The summed E-state index contributed by atoms with van der Waals surface area (Å²) in [4.78, 5) is 18.0. The second-order valence-corrected chi connectivity index (χ2v) is 5.69. The Balaban J connectivity index is 2.23. The lowest BCUT2D eigenvalue weighted by atomic mass is 10.0. The second kappa shape index (κ2) is 7.94. The predicted octanol–water partition coefficient (Wildman–Crippen LogP) is 3.76. The monoisotopic (exact) mass is 318 g/mol. The summed E-state index contributed by atoms with van der Waals surface area (Å²) in [6, 6.07) is 7.90. The van der Waals surface area contributed by atoms with Gasteiger partial charge in [-0.05, 0) is 42.8 Å². The standard InChI is InChI=1S/C17H22N2O2S/c1-3-5-15-14(16(20)19-17(22)18-15)11-12-6-8-13(9-7-12)21-10-4-2/h6-9H,3-5,10-11H2,1-2H3,(H2,18,19,20,22). The zero-order chi connectivity index (χ0) is 15.9. The van der Waals surface area contributed by atoms with Crippen LogP contribution in [-0.2, 0) is 12.8 Å². The first-order chi connectivity index (χ1) is 10.6. The minimum Gasteiger partial charge on any atom is -0.494 e. The third kappa shape index (κ3) is 4.31. The van der Waals surface area contributed by atoms with Gasteiger partial charge in [-0.2, -0.15) is 0 Å². The molecule has 2 N–H and O–H groups in total. The van der Waals surface area contributed by atoms with Crippen molar-refractivity contribution in [1.29, 1.82) is 0 Å². The summed E-state index contributed by atoms with van der Waals surface area (Å²) >= 11 is 5.06. The van der Waals surface area contributed by atoms with Gasteiger partial charge < -0.3 is 9.72 Å². The van der Waals surface area contributed by atoms with Gasteiger partial charge in [0.2, 0.25) is 0 Å². The molecule has 22 heavy (non-hydrogen) atoms. The number of hydrogen-bond donors (Lipinski definition) is 2. The molecule has 1 aromatic heterocycles. The van der Waals surface area contributed by atoms with E-state index in [2.05, 4.69) is 23.8 Å². The number of aryl methyl sites for hydroxylation is 1. The molecule has 0 atom stereocenters. The first-order valence-electron chi connectivity index (χ1n) is 7.70. The van der Waals surface area contributed by atoms with Gasteiger partial charge >= 0.3 is 0 Å². The van der Waals surface area contributed by atoms with Crippen molar-refractivity contribution in [2.75, 3.05) is 6.61 Å². The van der Waals surface area contributed by atoms with Crippen molar-refractivity contribution in [1.82, 2.24) is 9.97 Å². The molecule has 2 aromatic rings. The molecule has 0 saturated carbocycles. The number of nitrogens with one attached hydrogen (secondary N) is 2. The van der Waals surface area contributed by atoms with Crippen molar-refractivity contribution < 1.29 is 4.74 Å². The minimum atomic E-state index is -0.0986. The molecule has 0 radical (unpaired) electrons. The van der Waals surface area contributed by atoms with Crippen molar-refractivity contribution in [2.45, 2.75) is 39.5 Å². The molecule has 0 saturated heterocycles. The third-order valence-corrected chi connectivity index (χ3v) is 3.61. The number of rotatable bonds is 7. The maximum Gasteiger partial charge on any atom is 0.255 e. The highest BCUT2D eigenvalue weighted by atomic mass is 32.1. The van der Waals surface area contributed by atoms with Crippen LogP contribution in [-0.4, -0.2) is 16.6 Å². The van der Waals surface area contributed by atoms with Crippen LogP contribution < -0.4 is 10.3 Å². The average Bonchev–Trinajstić information content (AvgIpc) is 2.50. The van der Waals surface area contributed by atoms with Gasteiger partial charge in [-0.25, -0.2) is 0 Å². The van der Waals surface area contributed by atoms with Gasteiger partial charge in [-0.15, -0.1) is 0 Å². The number of hydrogen-bond acceptors (Lipinski definition) is 3. The largest absolute Gasteiger partial charge is 0.494 e. The highest BCUT2D eigenvalue weighted by Gasteiger charge is 2.09. The summed E-state index contributed by atoms with van der Waals surface area (Å²) in [5.74, 6) is 0.862. The average molecular weight is 318 g/mol. The van der Waals surface area contributed by atoms with E-state index in [4.69, 9.17) is 17.0 Å². The van der Waals surface area contributed by atoms with Crippen LogP contribution in [0, 0.1) is 4.77 Å². The Hall–Kier alpha value is -1.88. The molecule has 0 amide bonds.